The zero-order valence-corrected chi connectivity index (χ0v) is 11.4. The molecule has 7 heteroatoms. The number of nitrogens with zero attached hydrogens (tertiary/aromatic N) is 1. The molecule has 1 aromatic carbocycles. The average Bonchev–Trinajstić information content (AvgIpc) is 2.81. The monoisotopic (exact) mass is 299 g/mol. The second-order valence-corrected chi connectivity index (χ2v) is 4.77. The van der Waals surface area contributed by atoms with Crippen molar-refractivity contribution in [2.75, 3.05) is 13.7 Å². The highest BCUT2D eigenvalue weighted by Crippen LogP contribution is 2.33. The lowest BCUT2D eigenvalue weighted by molar-refractivity contribution is -0.145. The number of ether oxygens (including phenoxy) is 2. The molecule has 21 heavy (non-hydrogen) atoms. The van der Waals surface area contributed by atoms with Crippen LogP contribution >= 0.6 is 0 Å². The van der Waals surface area contributed by atoms with Crippen molar-refractivity contribution >= 4 is 12.1 Å². The van der Waals surface area contributed by atoms with Gasteiger partial charge in [-0.1, -0.05) is 30.3 Å². The molecular weight excluding hydrogens is 284 g/mol. The number of carbonyl (C=O) groups excluding carboxylic acids is 2. The molecule has 1 heterocycles. The number of methoxy groups -OCH3 is 1. The maximum absolute atomic E-state index is 13.4. The van der Waals surface area contributed by atoms with Gasteiger partial charge in [0.05, 0.1) is 13.7 Å². The molecule has 0 saturated carbocycles. The van der Waals surface area contributed by atoms with Crippen LogP contribution in [0.25, 0.3) is 0 Å². The van der Waals surface area contributed by atoms with E-state index in [2.05, 4.69) is 4.74 Å². The van der Waals surface area contributed by atoms with Gasteiger partial charge >= 0.3 is 12.1 Å². The maximum Gasteiger partial charge on any atom is 0.411 e. The summed E-state index contributed by atoms with van der Waals surface area (Å²) >= 11 is 0. The minimum Gasteiger partial charge on any atom is -0.467 e. The number of hydrogen-bond acceptors (Lipinski definition) is 4. The molecule has 1 aromatic rings. The molecule has 0 bridgehead atoms. The topological polar surface area (TPSA) is 55.8 Å². The van der Waals surface area contributed by atoms with Crippen LogP contribution in [-0.2, 0) is 20.9 Å². The van der Waals surface area contributed by atoms with Crippen molar-refractivity contribution in [2.45, 2.75) is 25.0 Å². The fourth-order valence-corrected chi connectivity index (χ4v) is 2.16. The number of amides is 1. The number of halogens is 2. The lowest BCUT2D eigenvalue weighted by atomic mass is 10.2. The Hall–Kier alpha value is -2.18. The molecule has 2 rings (SSSR count). The van der Waals surface area contributed by atoms with Crippen LogP contribution in [0.15, 0.2) is 30.3 Å². The van der Waals surface area contributed by atoms with Gasteiger partial charge in [0.25, 0.3) is 5.92 Å². The van der Waals surface area contributed by atoms with E-state index in [4.69, 9.17) is 4.74 Å². The standard InChI is InChI=1S/C14H15F2NO4/c1-20-12(18)11-7-14(15,16)9-17(11)13(19)21-8-10-5-3-2-4-6-10/h2-6,11H,7-9H2,1H3/t11-/m0/s1. The summed E-state index contributed by atoms with van der Waals surface area (Å²) in [5, 5.41) is 0. The Bertz CT molecular complexity index is 521. The summed E-state index contributed by atoms with van der Waals surface area (Å²) in [5.41, 5.74) is 0.728. The lowest BCUT2D eigenvalue weighted by Crippen LogP contribution is -2.41. The fourth-order valence-electron chi connectivity index (χ4n) is 2.16. The van der Waals surface area contributed by atoms with Crippen molar-refractivity contribution in [3.05, 3.63) is 35.9 Å². The quantitative estimate of drug-likeness (QED) is 0.803. The molecule has 1 atom stereocenters. The van der Waals surface area contributed by atoms with Crippen molar-refractivity contribution in [3.63, 3.8) is 0 Å². The third-order valence-corrected chi connectivity index (χ3v) is 3.18. The number of rotatable bonds is 3. The van der Waals surface area contributed by atoms with E-state index in [9.17, 15) is 18.4 Å². The molecular formula is C14H15F2NO4. The molecule has 1 fully saturated rings. The lowest BCUT2D eigenvalue weighted by Gasteiger charge is -2.21. The second-order valence-electron chi connectivity index (χ2n) is 4.77. The Morgan fingerprint density at radius 1 is 1.33 bits per heavy atom. The molecule has 1 aliphatic heterocycles. The van der Waals surface area contributed by atoms with Crippen LogP contribution in [0.4, 0.5) is 13.6 Å². The normalized spacial score (nSPS) is 20.1. The molecule has 1 amide bonds. The van der Waals surface area contributed by atoms with Gasteiger partial charge in [0.15, 0.2) is 0 Å². The Morgan fingerprint density at radius 3 is 2.62 bits per heavy atom. The van der Waals surface area contributed by atoms with E-state index in [1.807, 2.05) is 0 Å². The van der Waals surface area contributed by atoms with Crippen molar-refractivity contribution in [3.8, 4) is 0 Å². The van der Waals surface area contributed by atoms with E-state index in [0.717, 1.165) is 17.6 Å². The molecule has 5 nitrogen and oxygen atoms in total. The first-order chi connectivity index (χ1) is 9.93. The van der Waals surface area contributed by atoms with Crippen molar-refractivity contribution in [1.29, 1.82) is 0 Å². The summed E-state index contributed by atoms with van der Waals surface area (Å²) in [6.45, 7) is -0.893. The summed E-state index contributed by atoms with van der Waals surface area (Å²) in [6.07, 6.45) is -1.70. The van der Waals surface area contributed by atoms with Crippen LogP contribution in [-0.4, -0.2) is 42.6 Å². The van der Waals surface area contributed by atoms with E-state index in [0.29, 0.717) is 0 Å². The maximum atomic E-state index is 13.4. The van der Waals surface area contributed by atoms with Crippen LogP contribution in [0.5, 0.6) is 0 Å². The minimum atomic E-state index is -3.12. The molecule has 0 spiro atoms. The van der Waals surface area contributed by atoms with Gasteiger partial charge in [-0.2, -0.15) is 0 Å². The predicted octanol–water partition coefficient (Wildman–Crippen LogP) is 2.21. The van der Waals surface area contributed by atoms with Gasteiger partial charge < -0.3 is 9.47 Å². The Labute approximate surface area is 120 Å². The van der Waals surface area contributed by atoms with Crippen LogP contribution in [0.3, 0.4) is 0 Å². The minimum absolute atomic E-state index is 0.0460. The molecule has 0 aliphatic carbocycles. The van der Waals surface area contributed by atoms with Crippen LogP contribution in [0.2, 0.25) is 0 Å². The molecule has 1 saturated heterocycles. The summed E-state index contributed by atoms with van der Waals surface area (Å²) in [4.78, 5) is 24.1. The zero-order chi connectivity index (χ0) is 15.5. The summed E-state index contributed by atoms with van der Waals surface area (Å²) < 4.78 is 36.2. The Kier molecular flexibility index (Phi) is 4.40. The summed E-state index contributed by atoms with van der Waals surface area (Å²) in [7, 11) is 1.09. The predicted molar refractivity (Wildman–Crippen MR) is 68.7 cm³/mol. The number of likely N-dealkylation sites (tertiary alicyclic amines) is 1. The van der Waals surface area contributed by atoms with Gasteiger partial charge in [-0.15, -0.1) is 0 Å². The average molecular weight is 299 g/mol. The van der Waals surface area contributed by atoms with Gasteiger partial charge in [-0.05, 0) is 5.56 Å². The number of carbonyl (C=O) groups is 2. The smallest absolute Gasteiger partial charge is 0.411 e. The first-order valence-electron chi connectivity index (χ1n) is 6.36. The van der Waals surface area contributed by atoms with E-state index < -0.39 is 37.0 Å². The van der Waals surface area contributed by atoms with Gasteiger partial charge in [0, 0.05) is 6.42 Å². The van der Waals surface area contributed by atoms with Crippen LogP contribution in [0, 0.1) is 0 Å². The van der Waals surface area contributed by atoms with Crippen LogP contribution in [0.1, 0.15) is 12.0 Å². The van der Waals surface area contributed by atoms with Crippen molar-refractivity contribution < 1.29 is 27.8 Å². The highest BCUT2D eigenvalue weighted by molar-refractivity contribution is 5.82. The highest BCUT2D eigenvalue weighted by atomic mass is 19.3. The molecule has 0 aromatic heterocycles. The number of alkyl halides is 2. The SMILES string of the molecule is COC(=O)[C@@H]1CC(F)(F)CN1C(=O)OCc1ccccc1. The second kappa shape index (κ2) is 6.07. The first-order valence-corrected chi connectivity index (χ1v) is 6.36. The third-order valence-electron chi connectivity index (χ3n) is 3.18. The number of hydrogen-bond donors (Lipinski definition) is 0. The van der Waals surface area contributed by atoms with Gasteiger partial charge in [-0.3, -0.25) is 4.90 Å². The van der Waals surface area contributed by atoms with Crippen molar-refractivity contribution in [1.82, 2.24) is 4.90 Å². The molecule has 0 N–H and O–H groups in total. The van der Waals surface area contributed by atoms with Crippen molar-refractivity contribution in [2.24, 2.45) is 0 Å². The Balaban J connectivity index is 2.01. The van der Waals surface area contributed by atoms with Gasteiger partial charge in [0.2, 0.25) is 0 Å². The van der Waals surface area contributed by atoms with E-state index >= 15 is 0 Å². The molecule has 0 radical (unpaired) electrons. The van der Waals surface area contributed by atoms with E-state index in [1.165, 1.54) is 0 Å². The number of esters is 1. The van der Waals surface area contributed by atoms with Gasteiger partial charge in [-0.25, -0.2) is 18.4 Å². The molecule has 0 unspecified atom stereocenters. The zero-order valence-electron chi connectivity index (χ0n) is 11.4. The first kappa shape index (κ1) is 15.2. The largest absolute Gasteiger partial charge is 0.467 e. The molecule has 1 aliphatic rings. The van der Waals surface area contributed by atoms with E-state index in [-0.39, 0.29) is 6.61 Å². The number of benzene rings is 1. The Morgan fingerprint density at radius 2 is 2.00 bits per heavy atom. The fraction of sp³-hybridized carbons (Fsp3) is 0.429. The molecule has 114 valence electrons. The van der Waals surface area contributed by atoms with Gasteiger partial charge in [0.1, 0.15) is 12.6 Å². The van der Waals surface area contributed by atoms with E-state index in [1.54, 1.807) is 30.3 Å². The summed E-state index contributed by atoms with van der Waals surface area (Å²) in [6, 6.07) is 7.51. The highest BCUT2D eigenvalue weighted by Gasteiger charge is 2.51. The van der Waals surface area contributed by atoms with Crippen LogP contribution < -0.4 is 0 Å². The third kappa shape index (κ3) is 3.68. The summed E-state index contributed by atoms with van der Waals surface area (Å²) in [5.74, 6) is -3.99.